The molecule has 2 aromatic heterocycles. The quantitative estimate of drug-likeness (QED) is 0.357. The molecule has 2 heterocycles. The molecule has 5 rings (SSSR count). The molecule has 0 fully saturated rings. The van der Waals surface area contributed by atoms with Gasteiger partial charge in [-0.05, 0) is 66.6 Å². The van der Waals surface area contributed by atoms with Crippen molar-refractivity contribution >= 4 is 49.0 Å². The zero-order valence-electron chi connectivity index (χ0n) is 15.7. The molecule has 0 saturated carbocycles. The van der Waals surface area contributed by atoms with E-state index in [1.807, 2.05) is 42.5 Å². The van der Waals surface area contributed by atoms with Crippen molar-refractivity contribution in [2.75, 3.05) is 5.73 Å². The summed E-state index contributed by atoms with van der Waals surface area (Å²) in [6.07, 6.45) is 4.31. The second kappa shape index (κ2) is 7.39. The number of hydrogen-bond donors (Lipinski definition) is 1. The van der Waals surface area contributed by atoms with Gasteiger partial charge in [-0.25, -0.2) is 4.98 Å². The van der Waals surface area contributed by atoms with Gasteiger partial charge >= 0.3 is 0 Å². The van der Waals surface area contributed by atoms with Crippen LogP contribution in [-0.2, 0) is 12.8 Å². The van der Waals surface area contributed by atoms with Crippen molar-refractivity contribution in [3.63, 3.8) is 0 Å². The van der Waals surface area contributed by atoms with Crippen molar-refractivity contribution < 1.29 is 4.79 Å². The van der Waals surface area contributed by atoms with Gasteiger partial charge < -0.3 is 5.73 Å². The summed E-state index contributed by atoms with van der Waals surface area (Å²) in [6, 6.07) is 17.8. The number of hydrogen-bond acceptors (Lipinski definition) is 4. The monoisotopic (exact) mass is 462 g/mol. The lowest BCUT2D eigenvalue weighted by Crippen LogP contribution is -2.08. The molecule has 0 saturated heterocycles. The van der Waals surface area contributed by atoms with Crippen LogP contribution >= 0.6 is 27.3 Å². The summed E-state index contributed by atoms with van der Waals surface area (Å²) < 4.78 is 0.944. The lowest BCUT2D eigenvalue weighted by atomic mass is 9.87. The Morgan fingerprint density at radius 2 is 1.72 bits per heavy atom. The number of carbonyl (C=O) groups excluding carboxylic acids is 1. The number of ketones is 1. The standard InChI is InChI=1S/C24H19BrN2OS/c25-16-12-10-15(11-13-16)22(28)23-21(26)20-19(14-6-2-1-3-7-14)17-8-4-5-9-18(17)27-24(20)29-23/h1-3,6-7,10-13H,4-5,8-9,26H2. The molecule has 0 spiro atoms. The normalized spacial score (nSPS) is 13.4. The smallest absolute Gasteiger partial charge is 0.205 e. The molecule has 0 radical (unpaired) electrons. The van der Waals surface area contributed by atoms with Crippen molar-refractivity contribution in [1.82, 2.24) is 4.98 Å². The SMILES string of the molecule is Nc1c(C(=O)c2ccc(Br)cc2)sc2nc3c(c(-c4ccccc4)c12)CCCC3. The van der Waals surface area contributed by atoms with Crippen LogP contribution in [0, 0.1) is 0 Å². The Kier molecular flexibility index (Phi) is 4.72. The van der Waals surface area contributed by atoms with Gasteiger partial charge in [0.05, 0.1) is 5.69 Å². The van der Waals surface area contributed by atoms with Gasteiger partial charge in [0.2, 0.25) is 5.78 Å². The Hall–Kier alpha value is -2.50. The number of pyridine rings is 1. The summed E-state index contributed by atoms with van der Waals surface area (Å²) in [4.78, 5) is 19.6. The summed E-state index contributed by atoms with van der Waals surface area (Å²) in [6.45, 7) is 0. The number of fused-ring (bicyclic) bond motifs is 2. The second-order valence-corrected chi connectivity index (χ2v) is 9.26. The van der Waals surface area contributed by atoms with E-state index in [1.54, 1.807) is 0 Å². The minimum atomic E-state index is -0.0463. The van der Waals surface area contributed by atoms with E-state index in [9.17, 15) is 4.79 Å². The topological polar surface area (TPSA) is 56.0 Å². The molecule has 1 aliphatic carbocycles. The van der Waals surface area contributed by atoms with Gasteiger partial charge in [-0.2, -0.15) is 0 Å². The van der Waals surface area contributed by atoms with E-state index in [4.69, 9.17) is 10.7 Å². The van der Waals surface area contributed by atoms with Gasteiger partial charge in [0.25, 0.3) is 0 Å². The van der Waals surface area contributed by atoms with Crippen LogP contribution in [0.2, 0.25) is 0 Å². The number of carbonyl (C=O) groups is 1. The fourth-order valence-corrected chi connectivity index (χ4v) is 5.48. The maximum atomic E-state index is 13.2. The predicted molar refractivity (Wildman–Crippen MR) is 124 cm³/mol. The van der Waals surface area contributed by atoms with E-state index in [-0.39, 0.29) is 5.78 Å². The molecule has 4 aromatic rings. The van der Waals surface area contributed by atoms with Crippen LogP contribution in [0.3, 0.4) is 0 Å². The minimum absolute atomic E-state index is 0.0463. The number of benzene rings is 2. The van der Waals surface area contributed by atoms with Crippen LogP contribution in [0.4, 0.5) is 5.69 Å². The molecule has 0 bridgehead atoms. The number of nitrogens with two attached hydrogens (primary N) is 1. The van der Waals surface area contributed by atoms with Gasteiger partial charge in [-0.15, -0.1) is 11.3 Å². The first-order valence-electron chi connectivity index (χ1n) is 9.73. The lowest BCUT2D eigenvalue weighted by molar-refractivity contribution is 0.104. The third-order valence-electron chi connectivity index (χ3n) is 5.53. The van der Waals surface area contributed by atoms with Crippen molar-refractivity contribution in [2.45, 2.75) is 25.7 Å². The minimum Gasteiger partial charge on any atom is -0.397 e. The Balaban J connectivity index is 1.76. The highest BCUT2D eigenvalue weighted by Crippen LogP contribution is 2.44. The molecule has 2 N–H and O–H groups in total. The highest BCUT2D eigenvalue weighted by Gasteiger charge is 2.26. The third-order valence-corrected chi connectivity index (χ3v) is 7.16. The van der Waals surface area contributed by atoms with E-state index in [1.165, 1.54) is 16.9 Å². The molecule has 0 atom stereocenters. The van der Waals surface area contributed by atoms with Gasteiger partial charge in [-0.3, -0.25) is 4.79 Å². The number of aryl methyl sites for hydroxylation is 1. The Bertz CT molecular complexity index is 1230. The summed E-state index contributed by atoms with van der Waals surface area (Å²) in [5, 5.41) is 0.933. The molecule has 1 aliphatic rings. The number of nitrogen functional groups attached to an aromatic ring is 1. The molecule has 0 amide bonds. The number of rotatable bonds is 3. The maximum Gasteiger partial charge on any atom is 0.205 e. The number of thiophene rings is 1. The van der Waals surface area contributed by atoms with Crippen LogP contribution in [-0.4, -0.2) is 10.8 Å². The number of aromatic nitrogens is 1. The zero-order valence-corrected chi connectivity index (χ0v) is 18.1. The largest absolute Gasteiger partial charge is 0.397 e. The number of halogens is 1. The number of anilines is 1. The maximum absolute atomic E-state index is 13.2. The van der Waals surface area contributed by atoms with E-state index < -0.39 is 0 Å². The molecule has 2 aromatic carbocycles. The van der Waals surface area contributed by atoms with E-state index >= 15 is 0 Å². The summed E-state index contributed by atoms with van der Waals surface area (Å²) >= 11 is 4.84. The Morgan fingerprint density at radius 3 is 2.48 bits per heavy atom. The summed E-state index contributed by atoms with van der Waals surface area (Å²) in [5.74, 6) is -0.0463. The van der Waals surface area contributed by atoms with E-state index in [0.29, 0.717) is 16.1 Å². The van der Waals surface area contributed by atoms with Gasteiger partial charge in [0, 0.05) is 21.1 Å². The molecule has 29 heavy (non-hydrogen) atoms. The molecule has 0 unspecified atom stereocenters. The number of nitrogens with zero attached hydrogens (tertiary/aromatic N) is 1. The Morgan fingerprint density at radius 1 is 1.00 bits per heavy atom. The molecular formula is C24H19BrN2OS. The van der Waals surface area contributed by atoms with E-state index in [2.05, 4.69) is 28.1 Å². The van der Waals surface area contributed by atoms with Crippen LogP contribution in [0.5, 0.6) is 0 Å². The first-order valence-corrected chi connectivity index (χ1v) is 11.3. The van der Waals surface area contributed by atoms with E-state index in [0.717, 1.165) is 57.2 Å². The second-order valence-electron chi connectivity index (χ2n) is 7.35. The zero-order chi connectivity index (χ0) is 20.0. The van der Waals surface area contributed by atoms with Crippen LogP contribution in [0.25, 0.3) is 21.3 Å². The lowest BCUT2D eigenvalue weighted by Gasteiger charge is -2.20. The van der Waals surface area contributed by atoms with Gasteiger partial charge in [0.15, 0.2) is 0 Å². The van der Waals surface area contributed by atoms with Crippen LogP contribution in [0.15, 0.2) is 59.1 Å². The fraction of sp³-hybridized carbons (Fsp3) is 0.167. The van der Waals surface area contributed by atoms with Crippen molar-refractivity contribution in [3.8, 4) is 11.1 Å². The Labute approximate surface area is 181 Å². The first kappa shape index (κ1) is 18.5. The predicted octanol–water partition coefficient (Wildman–Crippen LogP) is 6.42. The summed E-state index contributed by atoms with van der Waals surface area (Å²) in [5.41, 5.74) is 12.6. The van der Waals surface area contributed by atoms with Crippen LogP contribution < -0.4 is 5.73 Å². The molecule has 5 heteroatoms. The van der Waals surface area contributed by atoms with Gasteiger partial charge in [-0.1, -0.05) is 46.3 Å². The summed E-state index contributed by atoms with van der Waals surface area (Å²) in [7, 11) is 0. The molecule has 3 nitrogen and oxygen atoms in total. The first-order chi connectivity index (χ1) is 14.1. The average Bonchev–Trinajstić information content (AvgIpc) is 3.08. The van der Waals surface area contributed by atoms with Crippen molar-refractivity contribution in [1.29, 1.82) is 0 Å². The third kappa shape index (κ3) is 3.18. The highest BCUT2D eigenvalue weighted by molar-refractivity contribution is 9.10. The molecular weight excluding hydrogens is 444 g/mol. The highest BCUT2D eigenvalue weighted by atomic mass is 79.9. The van der Waals surface area contributed by atoms with Gasteiger partial charge in [0.1, 0.15) is 9.71 Å². The molecule has 0 aliphatic heterocycles. The average molecular weight is 463 g/mol. The van der Waals surface area contributed by atoms with Crippen molar-refractivity contribution in [3.05, 3.63) is 80.8 Å². The van der Waals surface area contributed by atoms with Crippen molar-refractivity contribution in [2.24, 2.45) is 0 Å². The fourth-order valence-electron chi connectivity index (χ4n) is 4.13. The van der Waals surface area contributed by atoms with Crippen LogP contribution in [0.1, 0.15) is 39.3 Å². The molecule has 144 valence electrons.